The van der Waals surface area contributed by atoms with Gasteiger partial charge >= 0.3 is 0 Å². The van der Waals surface area contributed by atoms with Gasteiger partial charge in [0.25, 0.3) is 0 Å². The van der Waals surface area contributed by atoms with E-state index in [4.69, 9.17) is 4.74 Å². The maximum atomic E-state index is 11.7. The fourth-order valence-electron chi connectivity index (χ4n) is 2.11. The van der Waals surface area contributed by atoms with Crippen molar-refractivity contribution in [3.8, 4) is 0 Å². The molecule has 0 aliphatic heterocycles. The summed E-state index contributed by atoms with van der Waals surface area (Å²) < 4.78 is 5.12. The van der Waals surface area contributed by atoms with Gasteiger partial charge in [-0.2, -0.15) is 0 Å². The summed E-state index contributed by atoms with van der Waals surface area (Å²) in [6.45, 7) is 0. The molecule has 18 heavy (non-hydrogen) atoms. The van der Waals surface area contributed by atoms with Gasteiger partial charge in [0, 0.05) is 13.2 Å². The summed E-state index contributed by atoms with van der Waals surface area (Å²) in [4.78, 5) is 18.4. The van der Waals surface area contributed by atoms with Crippen molar-refractivity contribution in [3.05, 3.63) is 24.3 Å². The van der Waals surface area contributed by atoms with E-state index in [1.165, 1.54) is 6.08 Å². The van der Waals surface area contributed by atoms with Crippen LogP contribution in [0.3, 0.4) is 0 Å². The van der Waals surface area contributed by atoms with Crippen molar-refractivity contribution in [1.82, 2.24) is 15.3 Å². The lowest BCUT2D eigenvalue weighted by Gasteiger charge is -2.18. The molecule has 0 aromatic carbocycles. The number of hydrogen-bond donors (Lipinski definition) is 3. The molecule has 1 aromatic heterocycles. The minimum Gasteiger partial charge on any atom is -0.388 e. The van der Waals surface area contributed by atoms with E-state index in [-0.39, 0.29) is 18.1 Å². The number of nitrogens with zero attached hydrogens (tertiary/aromatic N) is 1. The van der Waals surface area contributed by atoms with E-state index in [2.05, 4.69) is 15.3 Å². The zero-order chi connectivity index (χ0) is 13.0. The molecule has 6 heteroatoms. The predicted molar refractivity (Wildman–Crippen MR) is 65.6 cm³/mol. The number of hydrogen-bond acceptors (Lipinski definition) is 4. The molecule has 3 atom stereocenters. The van der Waals surface area contributed by atoms with Gasteiger partial charge in [-0.25, -0.2) is 4.98 Å². The Morgan fingerprint density at radius 2 is 2.50 bits per heavy atom. The zero-order valence-corrected chi connectivity index (χ0v) is 10.2. The molecular weight excluding hydrogens is 234 g/mol. The Labute approximate surface area is 105 Å². The van der Waals surface area contributed by atoms with E-state index in [9.17, 15) is 9.90 Å². The van der Waals surface area contributed by atoms with Gasteiger partial charge in [0.15, 0.2) is 0 Å². The maximum absolute atomic E-state index is 11.7. The van der Waals surface area contributed by atoms with E-state index < -0.39 is 6.10 Å². The summed E-state index contributed by atoms with van der Waals surface area (Å²) in [6.07, 6.45) is 6.87. The van der Waals surface area contributed by atoms with Gasteiger partial charge in [0.2, 0.25) is 5.91 Å². The van der Waals surface area contributed by atoms with E-state index >= 15 is 0 Å². The van der Waals surface area contributed by atoms with Crippen LogP contribution in [0.1, 0.15) is 18.5 Å². The van der Waals surface area contributed by atoms with Gasteiger partial charge in [-0.1, -0.05) is 0 Å². The Kier molecular flexibility index (Phi) is 4.11. The molecule has 0 bridgehead atoms. The second kappa shape index (κ2) is 5.79. The second-order valence-corrected chi connectivity index (χ2v) is 4.30. The van der Waals surface area contributed by atoms with Gasteiger partial charge in [-0.05, 0) is 18.9 Å². The molecule has 0 radical (unpaired) electrons. The van der Waals surface area contributed by atoms with E-state index in [0.29, 0.717) is 0 Å². The molecule has 1 fully saturated rings. The van der Waals surface area contributed by atoms with Crippen LogP contribution in [-0.4, -0.2) is 46.3 Å². The molecule has 0 spiro atoms. The molecule has 6 nitrogen and oxygen atoms in total. The number of aliphatic hydroxyl groups is 1. The number of nitrogens with one attached hydrogen (secondary N) is 2. The van der Waals surface area contributed by atoms with Gasteiger partial charge in [-0.15, -0.1) is 0 Å². The molecule has 3 N–H and O–H groups in total. The normalized spacial score (nSPS) is 27.8. The summed E-state index contributed by atoms with van der Waals surface area (Å²) in [5.74, 6) is -0.231. The van der Waals surface area contributed by atoms with Crippen molar-refractivity contribution in [2.75, 3.05) is 7.11 Å². The van der Waals surface area contributed by atoms with Crippen LogP contribution >= 0.6 is 0 Å². The number of ether oxygens (including phenoxy) is 1. The summed E-state index contributed by atoms with van der Waals surface area (Å²) in [7, 11) is 1.57. The summed E-state index contributed by atoms with van der Waals surface area (Å²) in [5.41, 5.74) is 0.756. The highest BCUT2D eigenvalue weighted by atomic mass is 16.5. The molecular formula is C12H17N3O3. The molecule has 0 unspecified atom stereocenters. The minimum absolute atomic E-state index is 0.188. The topological polar surface area (TPSA) is 87.2 Å². The zero-order valence-electron chi connectivity index (χ0n) is 10.2. The molecule has 1 aromatic rings. The standard InChI is InChI=1S/C12H17N3O3/c1-18-10-4-3-9(12(10)17)15-11(16)5-2-8-6-13-7-14-8/h2,5-7,9-10,12,17H,3-4H2,1H3,(H,13,14)(H,15,16)/b5-2+/t9-,10-,12-/m1/s1. The summed E-state index contributed by atoms with van der Waals surface area (Å²) in [5, 5.41) is 12.6. The Morgan fingerprint density at radius 1 is 1.67 bits per heavy atom. The average molecular weight is 251 g/mol. The Bertz CT molecular complexity index is 416. The van der Waals surface area contributed by atoms with Crippen molar-refractivity contribution in [1.29, 1.82) is 0 Å². The number of amides is 1. The second-order valence-electron chi connectivity index (χ2n) is 4.30. The van der Waals surface area contributed by atoms with Crippen LogP contribution in [0.5, 0.6) is 0 Å². The fraction of sp³-hybridized carbons (Fsp3) is 0.500. The van der Waals surface area contributed by atoms with Crippen LogP contribution in [0.2, 0.25) is 0 Å². The lowest BCUT2D eigenvalue weighted by Crippen LogP contribution is -2.42. The van der Waals surface area contributed by atoms with Crippen molar-refractivity contribution >= 4 is 12.0 Å². The van der Waals surface area contributed by atoms with Crippen molar-refractivity contribution < 1.29 is 14.6 Å². The van der Waals surface area contributed by atoms with Crippen LogP contribution in [0, 0.1) is 0 Å². The first-order valence-electron chi connectivity index (χ1n) is 5.88. The first-order chi connectivity index (χ1) is 8.70. The van der Waals surface area contributed by atoms with Crippen LogP contribution in [0.4, 0.5) is 0 Å². The number of carbonyl (C=O) groups is 1. The van der Waals surface area contributed by atoms with Gasteiger partial charge < -0.3 is 20.1 Å². The van der Waals surface area contributed by atoms with Crippen molar-refractivity contribution in [2.45, 2.75) is 31.1 Å². The van der Waals surface area contributed by atoms with Crippen molar-refractivity contribution in [2.24, 2.45) is 0 Å². The largest absolute Gasteiger partial charge is 0.388 e. The van der Waals surface area contributed by atoms with Crippen LogP contribution in [-0.2, 0) is 9.53 Å². The number of aliphatic hydroxyl groups excluding tert-OH is 1. The third-order valence-corrected chi connectivity index (χ3v) is 3.12. The number of carbonyl (C=O) groups excluding carboxylic acids is 1. The molecule has 98 valence electrons. The Balaban J connectivity index is 1.85. The molecule has 1 heterocycles. The predicted octanol–water partition coefficient (Wildman–Crippen LogP) is 0.0774. The fourth-order valence-corrected chi connectivity index (χ4v) is 2.11. The number of H-pyrrole nitrogens is 1. The van der Waals surface area contributed by atoms with Crippen LogP contribution < -0.4 is 5.32 Å². The minimum atomic E-state index is -0.639. The SMILES string of the molecule is CO[C@@H]1CC[C@@H](NC(=O)/C=C/c2cnc[nH]2)[C@H]1O. The highest BCUT2D eigenvalue weighted by molar-refractivity contribution is 5.91. The number of aromatic amines is 1. The molecule has 1 aliphatic carbocycles. The highest BCUT2D eigenvalue weighted by Crippen LogP contribution is 2.22. The molecule has 1 aliphatic rings. The number of methoxy groups -OCH3 is 1. The third-order valence-electron chi connectivity index (χ3n) is 3.12. The lowest BCUT2D eigenvalue weighted by molar-refractivity contribution is -0.118. The first-order valence-corrected chi connectivity index (χ1v) is 5.88. The van der Waals surface area contributed by atoms with Crippen molar-refractivity contribution in [3.63, 3.8) is 0 Å². The molecule has 1 amide bonds. The molecule has 1 saturated carbocycles. The third kappa shape index (κ3) is 2.96. The Morgan fingerprint density at radius 3 is 3.11 bits per heavy atom. The monoisotopic (exact) mass is 251 g/mol. The Hall–Kier alpha value is -1.66. The van der Waals surface area contributed by atoms with Crippen LogP contribution in [0.15, 0.2) is 18.6 Å². The summed E-state index contributed by atoms with van der Waals surface area (Å²) >= 11 is 0. The smallest absolute Gasteiger partial charge is 0.244 e. The number of imidazole rings is 1. The van der Waals surface area contributed by atoms with E-state index in [1.807, 2.05) is 0 Å². The maximum Gasteiger partial charge on any atom is 0.244 e. The quantitative estimate of drug-likeness (QED) is 0.661. The van der Waals surface area contributed by atoms with Gasteiger partial charge in [0.1, 0.15) is 6.10 Å². The average Bonchev–Trinajstić information content (AvgIpc) is 2.98. The van der Waals surface area contributed by atoms with Crippen LogP contribution in [0.25, 0.3) is 6.08 Å². The molecule has 0 saturated heterocycles. The van der Waals surface area contributed by atoms with Gasteiger partial charge in [0.05, 0.1) is 30.4 Å². The van der Waals surface area contributed by atoms with E-state index in [1.54, 1.807) is 25.7 Å². The first kappa shape index (κ1) is 12.8. The van der Waals surface area contributed by atoms with E-state index in [0.717, 1.165) is 18.5 Å². The number of rotatable bonds is 4. The molecule has 2 rings (SSSR count). The van der Waals surface area contributed by atoms with Gasteiger partial charge in [-0.3, -0.25) is 4.79 Å². The summed E-state index contributed by atoms with van der Waals surface area (Å²) in [6, 6.07) is -0.242. The highest BCUT2D eigenvalue weighted by Gasteiger charge is 2.35. The lowest BCUT2D eigenvalue weighted by atomic mass is 10.2. The number of aromatic nitrogens is 2.